The summed E-state index contributed by atoms with van der Waals surface area (Å²) in [5.41, 5.74) is 17.0. The molecule has 0 aliphatic rings. The van der Waals surface area contributed by atoms with E-state index in [1.54, 1.807) is 0 Å². The van der Waals surface area contributed by atoms with Crippen molar-refractivity contribution in [1.29, 1.82) is 5.26 Å². The Morgan fingerprint density at radius 3 is 1.05 bits per heavy atom. The van der Waals surface area contributed by atoms with Gasteiger partial charge in [0.05, 0.1) is 11.6 Å². The Morgan fingerprint density at radius 2 is 0.621 bits per heavy atom. The molecular weight excluding hydrogens is 707 g/mol. The summed E-state index contributed by atoms with van der Waals surface area (Å²) in [5.74, 6) is 0. The molecule has 11 rings (SSSR count). The maximum absolute atomic E-state index is 10.2. The quantitative estimate of drug-likeness (QED) is 0.171. The summed E-state index contributed by atoms with van der Waals surface area (Å²) in [7, 11) is 0. The van der Waals surface area contributed by atoms with Gasteiger partial charge in [-0.2, -0.15) is 5.26 Å². The lowest BCUT2D eigenvalue weighted by atomic mass is 9.92. The lowest BCUT2D eigenvalue weighted by Crippen LogP contribution is -1.88. The molecule has 0 aliphatic heterocycles. The minimum atomic E-state index is 0.616. The zero-order chi connectivity index (χ0) is 38.6. The Balaban J connectivity index is 0.934. The van der Waals surface area contributed by atoms with Crippen LogP contribution in [0.25, 0.3) is 111 Å². The first-order chi connectivity index (χ1) is 28.7. The van der Waals surface area contributed by atoms with E-state index in [0.717, 1.165) is 111 Å². The number of nitrogens with zero attached hydrogens (tertiary/aromatic N) is 1. The summed E-state index contributed by atoms with van der Waals surface area (Å²) in [4.78, 5) is 0. The molecule has 9 aromatic carbocycles. The van der Waals surface area contributed by atoms with Gasteiger partial charge < -0.3 is 8.83 Å². The SMILES string of the molecule is N#Cc1cc(-c2cccc(-c3cccc(-c4cccc5c4oc4ccccc45)c3)c2)cc(-c2cccc(-c3cccc(-c4cccc5c4oc4ccccc45)c3)c2)c1. The van der Waals surface area contributed by atoms with Crippen LogP contribution in [0.4, 0.5) is 0 Å². The second-order valence-electron chi connectivity index (χ2n) is 14.8. The Kier molecular flexibility index (Phi) is 7.88. The molecule has 0 atom stereocenters. The predicted molar refractivity (Wildman–Crippen MR) is 238 cm³/mol. The topological polar surface area (TPSA) is 50.1 Å². The third-order valence-electron chi connectivity index (χ3n) is 11.3. The van der Waals surface area contributed by atoms with Crippen LogP contribution in [-0.2, 0) is 0 Å². The van der Waals surface area contributed by atoms with E-state index >= 15 is 0 Å². The molecule has 0 spiro atoms. The van der Waals surface area contributed by atoms with Crippen LogP contribution in [0, 0.1) is 11.3 Å². The summed E-state index contributed by atoms with van der Waals surface area (Å²) >= 11 is 0. The van der Waals surface area contributed by atoms with Crippen LogP contribution in [0.2, 0.25) is 0 Å². The fourth-order valence-corrected chi connectivity index (χ4v) is 8.46. The zero-order valence-electron chi connectivity index (χ0n) is 31.3. The van der Waals surface area contributed by atoms with Gasteiger partial charge >= 0.3 is 0 Å². The highest BCUT2D eigenvalue weighted by Crippen LogP contribution is 2.40. The van der Waals surface area contributed by atoms with Gasteiger partial charge in [0.25, 0.3) is 0 Å². The molecule has 3 nitrogen and oxygen atoms in total. The van der Waals surface area contributed by atoms with Gasteiger partial charge in [0.2, 0.25) is 0 Å². The lowest BCUT2D eigenvalue weighted by Gasteiger charge is -2.12. The Bertz CT molecular complexity index is 3210. The summed E-state index contributed by atoms with van der Waals surface area (Å²) in [5, 5.41) is 14.7. The highest BCUT2D eigenvalue weighted by molar-refractivity contribution is 6.10. The molecule has 0 aliphatic carbocycles. The molecular formula is C55H33NO2. The minimum absolute atomic E-state index is 0.616. The van der Waals surface area contributed by atoms with E-state index in [0.29, 0.717) is 5.56 Å². The number of hydrogen-bond acceptors (Lipinski definition) is 3. The lowest BCUT2D eigenvalue weighted by molar-refractivity contribution is 0.669. The van der Waals surface area contributed by atoms with Crippen LogP contribution >= 0.6 is 0 Å². The average Bonchev–Trinajstić information content (AvgIpc) is 3.88. The molecule has 0 saturated heterocycles. The van der Waals surface area contributed by atoms with Crippen molar-refractivity contribution in [3.8, 4) is 72.8 Å². The summed E-state index contributed by atoms with van der Waals surface area (Å²) in [6, 6.07) is 72.1. The fourth-order valence-electron chi connectivity index (χ4n) is 8.46. The second kappa shape index (κ2) is 13.7. The number of rotatable bonds is 6. The third kappa shape index (κ3) is 5.75. The van der Waals surface area contributed by atoms with Gasteiger partial charge in [0.15, 0.2) is 0 Å². The highest BCUT2D eigenvalue weighted by Gasteiger charge is 2.15. The number of para-hydroxylation sites is 4. The van der Waals surface area contributed by atoms with Crippen LogP contribution in [-0.4, -0.2) is 0 Å². The molecule has 0 radical (unpaired) electrons. The van der Waals surface area contributed by atoms with Gasteiger partial charge in [-0.3, -0.25) is 0 Å². The number of benzene rings is 9. The first-order valence-electron chi connectivity index (χ1n) is 19.5. The second-order valence-corrected chi connectivity index (χ2v) is 14.8. The van der Waals surface area contributed by atoms with Gasteiger partial charge in [0, 0.05) is 32.7 Å². The number of hydrogen-bond donors (Lipinski definition) is 0. The number of nitriles is 1. The largest absolute Gasteiger partial charge is 0.455 e. The van der Waals surface area contributed by atoms with E-state index in [9.17, 15) is 5.26 Å². The smallest absolute Gasteiger partial charge is 0.143 e. The standard InChI is InChI=1S/C55H33NO2/c56-34-35-27-44(40-15-5-11-36(29-40)38-13-7-17-42(31-38)46-21-9-23-50-48-19-1-3-25-52(48)57-54(46)50)33-45(28-35)41-16-6-12-37(30-41)39-14-8-18-43(32-39)47-22-10-24-51-49-20-2-4-26-53(49)58-55(47)51/h1-33H. The van der Waals surface area contributed by atoms with E-state index in [1.165, 1.54) is 0 Å². The number of fused-ring (bicyclic) bond motifs is 6. The van der Waals surface area contributed by atoms with Gasteiger partial charge in [0.1, 0.15) is 22.3 Å². The average molecular weight is 740 g/mol. The molecule has 2 aromatic heterocycles. The zero-order valence-corrected chi connectivity index (χ0v) is 31.3. The molecule has 0 fully saturated rings. The van der Waals surface area contributed by atoms with E-state index < -0.39 is 0 Å². The maximum atomic E-state index is 10.2. The Morgan fingerprint density at radius 1 is 0.293 bits per heavy atom. The molecule has 0 unspecified atom stereocenters. The molecule has 0 bridgehead atoms. The van der Waals surface area contributed by atoms with Crippen molar-refractivity contribution in [3.05, 3.63) is 206 Å². The Labute approximate surface area is 335 Å². The van der Waals surface area contributed by atoms with Gasteiger partial charge in [-0.05, 0) is 110 Å². The van der Waals surface area contributed by atoms with Crippen molar-refractivity contribution >= 4 is 43.9 Å². The molecule has 0 N–H and O–H groups in total. The summed E-state index contributed by atoms with van der Waals surface area (Å²) in [6.45, 7) is 0. The van der Waals surface area contributed by atoms with E-state index in [2.05, 4.69) is 170 Å². The van der Waals surface area contributed by atoms with E-state index in [4.69, 9.17) is 8.83 Å². The molecule has 3 heteroatoms. The first-order valence-corrected chi connectivity index (χ1v) is 19.5. The third-order valence-corrected chi connectivity index (χ3v) is 11.3. The van der Waals surface area contributed by atoms with Crippen LogP contribution in [0.15, 0.2) is 209 Å². The van der Waals surface area contributed by atoms with Crippen molar-refractivity contribution < 1.29 is 8.83 Å². The molecule has 0 amide bonds. The summed E-state index contributed by atoms with van der Waals surface area (Å²) in [6.07, 6.45) is 0. The van der Waals surface area contributed by atoms with Crippen molar-refractivity contribution in [2.24, 2.45) is 0 Å². The van der Waals surface area contributed by atoms with Gasteiger partial charge in [-0.15, -0.1) is 0 Å². The first kappa shape index (κ1) is 33.4. The van der Waals surface area contributed by atoms with E-state index in [-0.39, 0.29) is 0 Å². The van der Waals surface area contributed by atoms with Crippen molar-refractivity contribution in [2.75, 3.05) is 0 Å². The molecule has 58 heavy (non-hydrogen) atoms. The normalized spacial score (nSPS) is 11.4. The molecule has 0 saturated carbocycles. The summed E-state index contributed by atoms with van der Waals surface area (Å²) < 4.78 is 12.8. The molecule has 2 heterocycles. The fraction of sp³-hybridized carbons (Fsp3) is 0. The van der Waals surface area contributed by atoms with Crippen LogP contribution in [0.5, 0.6) is 0 Å². The van der Waals surface area contributed by atoms with E-state index in [1.807, 2.05) is 36.4 Å². The van der Waals surface area contributed by atoms with Crippen LogP contribution < -0.4 is 0 Å². The maximum Gasteiger partial charge on any atom is 0.143 e. The highest BCUT2D eigenvalue weighted by atomic mass is 16.3. The van der Waals surface area contributed by atoms with Gasteiger partial charge in [-0.1, -0.05) is 146 Å². The minimum Gasteiger partial charge on any atom is -0.455 e. The van der Waals surface area contributed by atoms with Crippen molar-refractivity contribution in [3.63, 3.8) is 0 Å². The van der Waals surface area contributed by atoms with Crippen LogP contribution in [0.1, 0.15) is 5.56 Å². The predicted octanol–water partition coefficient (Wildman–Crippen LogP) is 15.4. The number of furan rings is 2. The monoisotopic (exact) mass is 739 g/mol. The van der Waals surface area contributed by atoms with Crippen molar-refractivity contribution in [2.45, 2.75) is 0 Å². The molecule has 270 valence electrons. The Hall–Kier alpha value is -7.93. The van der Waals surface area contributed by atoms with Crippen LogP contribution in [0.3, 0.4) is 0 Å². The van der Waals surface area contributed by atoms with Gasteiger partial charge in [-0.25, -0.2) is 0 Å². The molecule has 11 aromatic rings. The van der Waals surface area contributed by atoms with Crippen molar-refractivity contribution in [1.82, 2.24) is 0 Å².